The van der Waals surface area contributed by atoms with Crippen LogP contribution in [0.3, 0.4) is 0 Å². The molecule has 67 valence electrons. The van der Waals surface area contributed by atoms with Gasteiger partial charge in [0, 0.05) is 33.3 Å². The van der Waals surface area contributed by atoms with E-state index in [1.807, 2.05) is 0 Å². The summed E-state index contributed by atoms with van der Waals surface area (Å²) in [5, 5.41) is 0. The van der Waals surface area contributed by atoms with E-state index in [9.17, 15) is 0 Å². The smallest absolute Gasteiger partial charge is 1.00 e. The number of rotatable bonds is 0. The van der Waals surface area contributed by atoms with Crippen LogP contribution in [0.15, 0.2) is 0 Å². The van der Waals surface area contributed by atoms with E-state index in [1.165, 1.54) is 0 Å². The third-order valence-corrected chi connectivity index (χ3v) is 0. The minimum Gasteiger partial charge on any atom is -1.00 e. The number of phosphoric acid groups is 1. The molecule has 0 spiro atoms. The SMILES string of the molecule is O.O=P(O)(O)O.[AlH3].[Co].[H-].[Li+].[Ni]. The van der Waals surface area contributed by atoms with Crippen molar-refractivity contribution in [3.63, 3.8) is 0 Å². The Hall–Kier alpha value is 2.20. The predicted molar refractivity (Wildman–Crippen MR) is 28.9 cm³/mol. The van der Waals surface area contributed by atoms with Gasteiger partial charge < -0.3 is 21.6 Å². The monoisotopic (exact) mass is 271 g/mol. The number of hydrogen-bond acceptors (Lipinski definition) is 1. The summed E-state index contributed by atoms with van der Waals surface area (Å²) in [6.07, 6.45) is 0. The zero-order valence-corrected chi connectivity index (χ0v) is 7.27. The van der Waals surface area contributed by atoms with Gasteiger partial charge in [-0.25, -0.2) is 4.57 Å². The fraction of sp³-hybridized carbons (Fsp3) is 0. The molecule has 0 bridgehead atoms. The standard InChI is InChI=1S/Al.Co.Li.Ni.H3O4P.H2O.4H/c;;;;1-5(2,3)4;;;;;/h;;;;(H3,1,2,3,4);1H2;;;;/q;;+1;;;;;;;-1. The largest absolute Gasteiger partial charge is 1.00 e. The zero-order valence-electron chi connectivity index (χ0n) is 5.35. The second-order valence-corrected chi connectivity index (χ2v) is 1.54. The van der Waals surface area contributed by atoms with Gasteiger partial charge in [-0.05, 0) is 0 Å². The molecule has 0 atom stereocenters. The molecule has 0 fully saturated rings. The van der Waals surface area contributed by atoms with Gasteiger partial charge in [-0.2, -0.15) is 0 Å². The molecular formula is H9AlCoLiNiO5P. The zero-order chi connectivity index (χ0) is 4.50. The Balaban J connectivity index is -0.00000000533. The van der Waals surface area contributed by atoms with Crippen LogP contribution in [0.2, 0.25) is 0 Å². The van der Waals surface area contributed by atoms with Gasteiger partial charge in [-0.15, -0.1) is 0 Å². The molecule has 0 saturated heterocycles. The van der Waals surface area contributed by atoms with Crippen molar-refractivity contribution in [1.29, 1.82) is 0 Å². The average molecular weight is 272 g/mol. The minimum atomic E-state index is -4.64. The van der Waals surface area contributed by atoms with Crippen molar-refractivity contribution in [3.8, 4) is 0 Å². The third-order valence-electron chi connectivity index (χ3n) is 0. The predicted octanol–water partition coefficient (Wildman–Crippen LogP) is -5.83. The first-order valence-corrected chi connectivity index (χ1v) is 2.35. The Morgan fingerprint density at radius 3 is 1.20 bits per heavy atom. The van der Waals surface area contributed by atoms with Crippen LogP contribution in [0.5, 0.6) is 0 Å². The van der Waals surface area contributed by atoms with Crippen molar-refractivity contribution in [1.82, 2.24) is 0 Å². The molecule has 0 rings (SSSR count). The molecule has 0 aliphatic heterocycles. The molecule has 5 N–H and O–H groups in total. The molecule has 0 aromatic rings. The second-order valence-electron chi connectivity index (χ2n) is 0.513. The van der Waals surface area contributed by atoms with Crippen molar-refractivity contribution < 1.29 is 78.3 Å². The summed E-state index contributed by atoms with van der Waals surface area (Å²) < 4.78 is 8.88. The van der Waals surface area contributed by atoms with Crippen LogP contribution < -0.4 is 18.9 Å². The van der Waals surface area contributed by atoms with E-state index in [0.29, 0.717) is 0 Å². The molecular weight excluding hydrogens is 263 g/mol. The molecule has 0 amide bonds. The summed E-state index contributed by atoms with van der Waals surface area (Å²) in [4.78, 5) is 21.6. The molecule has 0 unspecified atom stereocenters. The Kier molecular flexibility index (Phi) is 69.0. The van der Waals surface area contributed by atoms with Crippen molar-refractivity contribution in [2.24, 2.45) is 0 Å². The topological polar surface area (TPSA) is 109 Å². The second kappa shape index (κ2) is 17.3. The number of hydrogen-bond donors (Lipinski definition) is 3. The van der Waals surface area contributed by atoms with Crippen LogP contribution in [0.1, 0.15) is 1.43 Å². The molecule has 0 aliphatic carbocycles. The normalized spacial score (nSPS) is 5.90. The van der Waals surface area contributed by atoms with Crippen LogP contribution in [0.25, 0.3) is 0 Å². The molecule has 0 saturated carbocycles. The van der Waals surface area contributed by atoms with Crippen LogP contribution in [-0.2, 0) is 37.8 Å². The van der Waals surface area contributed by atoms with E-state index >= 15 is 0 Å². The van der Waals surface area contributed by atoms with Gasteiger partial charge in [-0.3, -0.25) is 0 Å². The maximum Gasteiger partial charge on any atom is 1.00 e. The van der Waals surface area contributed by atoms with Crippen molar-refractivity contribution >= 4 is 25.2 Å². The fourth-order valence-corrected chi connectivity index (χ4v) is 0. The van der Waals surface area contributed by atoms with Gasteiger partial charge in [0.15, 0.2) is 17.4 Å². The van der Waals surface area contributed by atoms with E-state index in [4.69, 9.17) is 19.2 Å². The quantitative estimate of drug-likeness (QED) is 0.301. The maximum atomic E-state index is 8.88. The van der Waals surface area contributed by atoms with E-state index < -0.39 is 7.82 Å². The van der Waals surface area contributed by atoms with Gasteiger partial charge in [0.25, 0.3) is 0 Å². The van der Waals surface area contributed by atoms with Gasteiger partial charge in [-0.1, -0.05) is 0 Å². The van der Waals surface area contributed by atoms with E-state index in [2.05, 4.69) is 0 Å². The van der Waals surface area contributed by atoms with E-state index in [1.54, 1.807) is 0 Å². The first-order valence-electron chi connectivity index (χ1n) is 0.783. The van der Waals surface area contributed by atoms with E-state index in [0.717, 1.165) is 0 Å². The summed E-state index contributed by atoms with van der Waals surface area (Å²) in [6.45, 7) is 0. The molecule has 1 radical (unpaired) electrons. The Morgan fingerprint density at radius 1 is 1.20 bits per heavy atom. The van der Waals surface area contributed by atoms with Crippen molar-refractivity contribution in [2.45, 2.75) is 0 Å². The average Bonchev–Trinajstić information content (AvgIpc) is 0.722. The molecule has 10 heteroatoms. The van der Waals surface area contributed by atoms with Crippen LogP contribution in [0, 0.1) is 0 Å². The summed E-state index contributed by atoms with van der Waals surface area (Å²) >= 11 is 0. The van der Waals surface area contributed by atoms with Gasteiger partial charge in [0.1, 0.15) is 0 Å². The molecule has 5 nitrogen and oxygen atoms in total. The van der Waals surface area contributed by atoms with Crippen LogP contribution in [0.4, 0.5) is 0 Å². The Labute approximate surface area is 103 Å². The Bertz CT molecular complexity index is 72.6. The van der Waals surface area contributed by atoms with Gasteiger partial charge >= 0.3 is 26.7 Å². The summed E-state index contributed by atoms with van der Waals surface area (Å²) in [5.41, 5.74) is 0. The first kappa shape index (κ1) is 39.8. The summed E-state index contributed by atoms with van der Waals surface area (Å²) in [5.74, 6) is 0. The molecule has 0 aromatic carbocycles. The maximum absolute atomic E-state index is 8.88. The van der Waals surface area contributed by atoms with Gasteiger partial charge in [0.05, 0.1) is 0 Å². The van der Waals surface area contributed by atoms with Gasteiger partial charge in [0.2, 0.25) is 0 Å². The summed E-state index contributed by atoms with van der Waals surface area (Å²) in [7, 11) is -4.64. The molecule has 0 heterocycles. The third kappa shape index (κ3) is 178. The Morgan fingerprint density at radius 2 is 1.20 bits per heavy atom. The molecule has 0 aliphatic rings. The minimum absolute atomic E-state index is 0. The van der Waals surface area contributed by atoms with E-state index in [-0.39, 0.29) is 76.4 Å². The van der Waals surface area contributed by atoms with Crippen molar-refractivity contribution in [3.05, 3.63) is 0 Å². The van der Waals surface area contributed by atoms with Crippen LogP contribution in [-0.4, -0.2) is 37.5 Å². The molecule has 10 heavy (non-hydrogen) atoms. The fourth-order valence-electron chi connectivity index (χ4n) is 0. The summed E-state index contributed by atoms with van der Waals surface area (Å²) in [6, 6.07) is 0. The van der Waals surface area contributed by atoms with Crippen molar-refractivity contribution in [2.75, 3.05) is 0 Å². The molecule has 0 aromatic heterocycles. The van der Waals surface area contributed by atoms with Crippen LogP contribution >= 0.6 is 7.82 Å². The first-order chi connectivity index (χ1) is 2.00.